The quantitative estimate of drug-likeness (QED) is 0.346. The average molecular weight is 484 g/mol. The van der Waals surface area contributed by atoms with Gasteiger partial charge in [0.2, 0.25) is 5.91 Å². The summed E-state index contributed by atoms with van der Waals surface area (Å²) in [7, 11) is 0. The molecule has 1 N–H and O–H groups in total. The number of thiol groups is 1. The molecule has 2 aromatic carbocycles. The second kappa shape index (κ2) is 12.1. The Kier molecular flexibility index (Phi) is 9.16. The maximum absolute atomic E-state index is 15.2. The highest BCUT2D eigenvalue weighted by molar-refractivity contribution is 7.81. The van der Waals surface area contributed by atoms with Gasteiger partial charge in [-0.1, -0.05) is 69.7 Å². The molecule has 182 valence electrons. The van der Waals surface area contributed by atoms with E-state index in [1.54, 1.807) is 12.1 Å². The lowest BCUT2D eigenvalue weighted by molar-refractivity contribution is -0.121. The van der Waals surface area contributed by atoms with Crippen molar-refractivity contribution in [1.82, 2.24) is 14.9 Å². The van der Waals surface area contributed by atoms with Crippen molar-refractivity contribution >= 4 is 18.5 Å². The summed E-state index contributed by atoms with van der Waals surface area (Å²) < 4.78 is 22.8. The van der Waals surface area contributed by atoms with Crippen molar-refractivity contribution in [3.8, 4) is 17.1 Å². The molecule has 0 aliphatic heterocycles. The van der Waals surface area contributed by atoms with Crippen molar-refractivity contribution in [2.75, 3.05) is 6.61 Å². The van der Waals surface area contributed by atoms with Gasteiger partial charge >= 0.3 is 0 Å². The van der Waals surface area contributed by atoms with Crippen molar-refractivity contribution in [2.45, 2.75) is 58.9 Å². The number of aryl methyl sites for hydroxylation is 1. The molecule has 0 bridgehead atoms. The van der Waals surface area contributed by atoms with Crippen molar-refractivity contribution in [2.24, 2.45) is 5.92 Å². The molecule has 0 fully saturated rings. The molecule has 1 aromatic heterocycles. The number of nitrogens with zero attached hydrogens (tertiary/aromatic N) is 2. The zero-order valence-electron chi connectivity index (χ0n) is 20.3. The molecule has 0 spiro atoms. The van der Waals surface area contributed by atoms with Gasteiger partial charge in [0.1, 0.15) is 5.82 Å². The molecule has 34 heavy (non-hydrogen) atoms. The molecule has 1 amide bonds. The second-order valence-corrected chi connectivity index (χ2v) is 8.94. The monoisotopic (exact) mass is 483 g/mol. The first-order chi connectivity index (χ1) is 16.4. The van der Waals surface area contributed by atoms with Gasteiger partial charge in [-0.25, -0.2) is 4.39 Å². The summed E-state index contributed by atoms with van der Waals surface area (Å²) in [5.41, 5.74) is 3.95. The Hall–Kier alpha value is -2.80. The number of amides is 1. The number of carbonyl (C=O) groups excluding carboxylic acids is 1. The van der Waals surface area contributed by atoms with Crippen LogP contribution in [0, 0.1) is 11.7 Å². The van der Waals surface area contributed by atoms with Gasteiger partial charge in [0.05, 0.1) is 36.3 Å². The number of halogens is 1. The van der Waals surface area contributed by atoms with Gasteiger partial charge in [0.15, 0.2) is 0 Å². The van der Waals surface area contributed by atoms with E-state index in [4.69, 9.17) is 4.74 Å². The molecule has 2 atom stereocenters. The lowest BCUT2D eigenvalue weighted by Crippen LogP contribution is -2.35. The number of hydrogen-bond donors (Lipinski definition) is 2. The molecule has 5 nitrogen and oxygen atoms in total. The van der Waals surface area contributed by atoms with Crippen LogP contribution < -0.4 is 10.1 Å². The standard InChI is InChI=1S/C27H34FN3O2S/c1-5-18(4)25(34)26(32)29-16-24-23(6-2)30-27(33-7-3)31(24)17-21-14-13-20(15-22(21)28)19-11-9-8-10-12-19/h8-15,18,25,34H,5-7,16-17H2,1-4H3,(H,29,32)/t18-,25+/m1/s1. The first-order valence-electron chi connectivity index (χ1n) is 11.9. The van der Waals surface area contributed by atoms with E-state index in [1.165, 1.54) is 0 Å². The average Bonchev–Trinajstić information content (AvgIpc) is 3.19. The van der Waals surface area contributed by atoms with E-state index in [1.807, 2.05) is 68.7 Å². The third kappa shape index (κ3) is 6.00. The topological polar surface area (TPSA) is 56.1 Å². The van der Waals surface area contributed by atoms with E-state index >= 15 is 4.39 Å². The van der Waals surface area contributed by atoms with E-state index in [2.05, 4.69) is 22.9 Å². The van der Waals surface area contributed by atoms with Crippen molar-refractivity contribution in [3.05, 3.63) is 71.3 Å². The fraction of sp³-hybridized carbons (Fsp3) is 0.407. The zero-order chi connectivity index (χ0) is 24.7. The Morgan fingerprint density at radius 3 is 2.50 bits per heavy atom. The van der Waals surface area contributed by atoms with E-state index in [9.17, 15) is 4.79 Å². The van der Waals surface area contributed by atoms with Gasteiger partial charge in [0, 0.05) is 5.56 Å². The number of hydrogen-bond acceptors (Lipinski definition) is 4. The van der Waals surface area contributed by atoms with E-state index < -0.39 is 0 Å². The van der Waals surface area contributed by atoms with Gasteiger partial charge in [-0.3, -0.25) is 9.36 Å². The Labute approximate surface area is 207 Å². The minimum absolute atomic E-state index is 0.121. The highest BCUT2D eigenvalue weighted by Gasteiger charge is 2.23. The maximum Gasteiger partial charge on any atom is 0.297 e. The minimum atomic E-state index is -0.388. The van der Waals surface area contributed by atoms with Crippen LogP contribution in [0.15, 0.2) is 48.5 Å². The number of ether oxygens (including phenoxy) is 1. The van der Waals surface area contributed by atoms with Crippen LogP contribution in [0.25, 0.3) is 11.1 Å². The zero-order valence-corrected chi connectivity index (χ0v) is 21.2. The Morgan fingerprint density at radius 1 is 1.15 bits per heavy atom. The van der Waals surface area contributed by atoms with E-state index in [-0.39, 0.29) is 36.0 Å². The van der Waals surface area contributed by atoms with Crippen molar-refractivity contribution in [1.29, 1.82) is 0 Å². The number of imidazole rings is 1. The number of rotatable bonds is 11. The van der Waals surface area contributed by atoms with Crippen LogP contribution in [-0.4, -0.2) is 27.3 Å². The smallest absolute Gasteiger partial charge is 0.297 e. The van der Waals surface area contributed by atoms with Gasteiger partial charge < -0.3 is 10.1 Å². The molecule has 0 saturated carbocycles. The van der Waals surface area contributed by atoms with Gasteiger partial charge in [-0.15, -0.1) is 0 Å². The molecule has 3 aromatic rings. The number of nitrogens with one attached hydrogen (secondary N) is 1. The van der Waals surface area contributed by atoms with Crippen LogP contribution in [0.4, 0.5) is 4.39 Å². The molecular weight excluding hydrogens is 449 g/mol. The Morgan fingerprint density at radius 2 is 1.88 bits per heavy atom. The van der Waals surface area contributed by atoms with Crippen LogP contribution in [-0.2, 0) is 24.3 Å². The molecule has 0 saturated heterocycles. The molecule has 3 rings (SSSR count). The first-order valence-corrected chi connectivity index (χ1v) is 12.4. The molecule has 0 aliphatic carbocycles. The number of carbonyl (C=O) groups is 1. The van der Waals surface area contributed by atoms with E-state index in [0.717, 1.165) is 28.9 Å². The summed E-state index contributed by atoms with van der Waals surface area (Å²) in [6.07, 6.45) is 1.54. The highest BCUT2D eigenvalue weighted by Crippen LogP contribution is 2.26. The lowest BCUT2D eigenvalue weighted by Gasteiger charge is -2.18. The normalized spacial score (nSPS) is 12.9. The molecule has 7 heteroatoms. The molecular formula is C27H34FN3O2S. The summed E-state index contributed by atoms with van der Waals surface area (Å²) in [6, 6.07) is 15.4. The van der Waals surface area contributed by atoms with Crippen LogP contribution >= 0.6 is 12.6 Å². The molecule has 0 radical (unpaired) electrons. The van der Waals surface area contributed by atoms with Crippen molar-refractivity contribution < 1.29 is 13.9 Å². The SMILES string of the molecule is CCOc1nc(CC)c(CNC(=O)[C@@H](S)[C@H](C)CC)n1Cc1ccc(-c2ccccc2)cc1F. The van der Waals surface area contributed by atoms with Crippen LogP contribution in [0.1, 0.15) is 51.1 Å². The third-order valence-corrected chi connectivity index (χ3v) is 6.84. The predicted octanol–water partition coefficient (Wildman–Crippen LogP) is 5.66. The largest absolute Gasteiger partial charge is 0.465 e. The highest BCUT2D eigenvalue weighted by atomic mass is 32.1. The maximum atomic E-state index is 15.2. The number of aromatic nitrogens is 2. The van der Waals surface area contributed by atoms with Gasteiger partial charge in [-0.2, -0.15) is 17.6 Å². The summed E-state index contributed by atoms with van der Waals surface area (Å²) in [5.74, 6) is -0.253. The fourth-order valence-electron chi connectivity index (χ4n) is 3.81. The lowest BCUT2D eigenvalue weighted by atomic mass is 10.0. The summed E-state index contributed by atoms with van der Waals surface area (Å²) >= 11 is 4.48. The first kappa shape index (κ1) is 25.8. The van der Waals surface area contributed by atoms with Gasteiger partial charge in [-0.05, 0) is 36.5 Å². The number of benzene rings is 2. The molecule has 0 unspecified atom stereocenters. The Balaban J connectivity index is 1.89. The molecule has 1 heterocycles. The predicted molar refractivity (Wildman–Crippen MR) is 138 cm³/mol. The minimum Gasteiger partial charge on any atom is -0.465 e. The van der Waals surface area contributed by atoms with Crippen LogP contribution in [0.3, 0.4) is 0 Å². The second-order valence-electron chi connectivity index (χ2n) is 8.38. The van der Waals surface area contributed by atoms with Crippen LogP contribution in [0.5, 0.6) is 6.01 Å². The molecule has 0 aliphatic rings. The third-order valence-electron chi connectivity index (χ3n) is 6.10. The summed E-state index contributed by atoms with van der Waals surface area (Å²) in [4.78, 5) is 17.3. The summed E-state index contributed by atoms with van der Waals surface area (Å²) in [5, 5.41) is 2.60. The van der Waals surface area contributed by atoms with E-state index in [0.29, 0.717) is 24.6 Å². The Bertz CT molecular complexity index is 1100. The summed E-state index contributed by atoms with van der Waals surface area (Å²) in [6.45, 7) is 8.91. The fourth-order valence-corrected chi connectivity index (χ4v) is 4.11. The van der Waals surface area contributed by atoms with Gasteiger partial charge in [0.25, 0.3) is 6.01 Å². The van der Waals surface area contributed by atoms with Crippen molar-refractivity contribution in [3.63, 3.8) is 0 Å². The van der Waals surface area contributed by atoms with Crippen LogP contribution in [0.2, 0.25) is 0 Å².